The van der Waals surface area contributed by atoms with Gasteiger partial charge >= 0.3 is 5.82 Å². The van der Waals surface area contributed by atoms with Crippen LogP contribution in [0.25, 0.3) is 4.96 Å². The summed E-state index contributed by atoms with van der Waals surface area (Å²) >= 11 is 1.37. The van der Waals surface area contributed by atoms with E-state index in [9.17, 15) is 14.9 Å². The maximum Gasteiger partial charge on any atom is 0.373 e. The van der Waals surface area contributed by atoms with Gasteiger partial charge in [0.2, 0.25) is 11.7 Å². The van der Waals surface area contributed by atoms with Gasteiger partial charge in [0.15, 0.2) is 0 Å². The minimum atomic E-state index is -0.383. The fraction of sp³-hybridized carbons (Fsp3) is 0.368. The van der Waals surface area contributed by atoms with Crippen LogP contribution in [0.1, 0.15) is 11.1 Å². The van der Waals surface area contributed by atoms with Gasteiger partial charge in [-0.25, -0.2) is 0 Å². The summed E-state index contributed by atoms with van der Waals surface area (Å²) in [4.78, 5) is 32.6. The molecule has 9 nitrogen and oxygen atoms in total. The number of amides is 1. The predicted octanol–water partition coefficient (Wildman–Crippen LogP) is 2.68. The molecule has 1 N–H and O–H groups in total. The third kappa shape index (κ3) is 3.81. The monoisotopic (exact) mass is 414 g/mol. The molecule has 0 unspecified atom stereocenters. The van der Waals surface area contributed by atoms with Gasteiger partial charge in [-0.15, -0.1) is 0 Å². The number of hydrogen-bond acceptors (Lipinski definition) is 7. The van der Waals surface area contributed by atoms with Crippen LogP contribution in [0.2, 0.25) is 0 Å². The summed E-state index contributed by atoms with van der Waals surface area (Å²) in [6, 6.07) is 5.85. The highest BCUT2D eigenvalue weighted by molar-refractivity contribution is 7.15. The Bertz CT molecular complexity index is 1070. The zero-order valence-corrected chi connectivity index (χ0v) is 17.1. The van der Waals surface area contributed by atoms with E-state index in [1.54, 1.807) is 11.6 Å². The maximum absolute atomic E-state index is 12.5. The van der Waals surface area contributed by atoms with Crippen LogP contribution >= 0.6 is 11.3 Å². The molecule has 152 valence electrons. The lowest BCUT2D eigenvalue weighted by atomic mass is 10.1. The van der Waals surface area contributed by atoms with Gasteiger partial charge in [0, 0.05) is 37.2 Å². The molecule has 1 aromatic carbocycles. The summed E-state index contributed by atoms with van der Waals surface area (Å²) in [6.45, 7) is 6.76. The van der Waals surface area contributed by atoms with E-state index in [-0.39, 0.29) is 16.6 Å². The normalized spacial score (nSPS) is 15.0. The van der Waals surface area contributed by atoms with Gasteiger partial charge in [0.25, 0.3) is 4.96 Å². The van der Waals surface area contributed by atoms with Crippen LogP contribution in [-0.4, -0.2) is 57.8 Å². The number of rotatable bonds is 5. The van der Waals surface area contributed by atoms with Gasteiger partial charge in [0.05, 0.1) is 6.54 Å². The number of carbonyl (C=O) groups is 1. The molecule has 0 bridgehead atoms. The SMILES string of the molecule is Cc1cccc(NC(=O)CN2CCN(c3nc4sccn4c3[N+](=O)[O-])CC2)c1C. The second-order valence-electron chi connectivity index (χ2n) is 7.13. The molecule has 10 heteroatoms. The number of imidazole rings is 1. The van der Waals surface area contributed by atoms with E-state index in [0.717, 1.165) is 16.8 Å². The number of nitrogens with one attached hydrogen (secondary N) is 1. The first-order valence-electron chi connectivity index (χ1n) is 9.37. The maximum atomic E-state index is 12.5. The molecule has 1 amide bonds. The first-order valence-corrected chi connectivity index (χ1v) is 10.3. The second kappa shape index (κ2) is 7.80. The molecule has 0 spiro atoms. The lowest BCUT2D eigenvalue weighted by Crippen LogP contribution is -2.49. The van der Waals surface area contributed by atoms with Crippen LogP contribution in [0.15, 0.2) is 29.8 Å². The Morgan fingerprint density at radius 2 is 2.03 bits per heavy atom. The Morgan fingerprint density at radius 3 is 2.76 bits per heavy atom. The third-order valence-corrected chi connectivity index (χ3v) is 6.07. The van der Waals surface area contributed by atoms with E-state index in [0.29, 0.717) is 43.5 Å². The molecule has 2 aromatic heterocycles. The number of benzene rings is 1. The molecule has 1 saturated heterocycles. The lowest BCUT2D eigenvalue weighted by Gasteiger charge is -2.34. The van der Waals surface area contributed by atoms with Crippen molar-refractivity contribution in [2.45, 2.75) is 13.8 Å². The van der Waals surface area contributed by atoms with Gasteiger partial charge in [-0.05, 0) is 36.0 Å². The zero-order chi connectivity index (χ0) is 20.5. The standard InChI is InChI=1S/C19H22N6O3S/c1-13-4-3-5-15(14(13)2)20-16(26)12-22-6-8-23(9-7-22)17-18(25(27)28)24-10-11-29-19(24)21-17/h3-5,10-11H,6-9,12H2,1-2H3,(H,20,26). The molecule has 3 heterocycles. The van der Waals surface area contributed by atoms with E-state index < -0.39 is 0 Å². The molecule has 1 fully saturated rings. The Morgan fingerprint density at radius 1 is 1.28 bits per heavy atom. The van der Waals surface area contributed by atoms with Gasteiger partial charge in [0.1, 0.15) is 6.20 Å². The van der Waals surface area contributed by atoms with Crippen molar-refractivity contribution in [3.05, 3.63) is 51.0 Å². The van der Waals surface area contributed by atoms with Crippen molar-refractivity contribution in [2.24, 2.45) is 0 Å². The van der Waals surface area contributed by atoms with E-state index >= 15 is 0 Å². The minimum absolute atomic E-state index is 0.00219. The number of fused-ring (bicyclic) bond motifs is 1. The fourth-order valence-corrected chi connectivity index (χ4v) is 4.25. The number of carbonyl (C=O) groups excluding carboxylic acids is 1. The topological polar surface area (TPSA) is 96.0 Å². The van der Waals surface area contributed by atoms with Crippen molar-refractivity contribution in [1.29, 1.82) is 0 Å². The Hall–Kier alpha value is -2.98. The van der Waals surface area contributed by atoms with Crippen molar-refractivity contribution in [1.82, 2.24) is 14.3 Å². The zero-order valence-electron chi connectivity index (χ0n) is 16.3. The van der Waals surface area contributed by atoms with Crippen molar-refractivity contribution >= 4 is 39.5 Å². The number of aromatic nitrogens is 2. The van der Waals surface area contributed by atoms with Crippen LogP contribution in [0.4, 0.5) is 17.3 Å². The van der Waals surface area contributed by atoms with E-state index in [4.69, 9.17) is 0 Å². The average Bonchev–Trinajstić information content (AvgIpc) is 3.27. The molecule has 4 rings (SSSR count). The Labute approximate surface area is 171 Å². The largest absolute Gasteiger partial charge is 0.373 e. The number of hydrogen-bond donors (Lipinski definition) is 1. The predicted molar refractivity (Wildman–Crippen MR) is 113 cm³/mol. The molecular weight excluding hydrogens is 392 g/mol. The van der Waals surface area contributed by atoms with E-state index in [2.05, 4.69) is 15.2 Å². The first kappa shape index (κ1) is 19.3. The number of thiazole rings is 1. The molecular formula is C19H22N6O3S. The molecule has 3 aromatic rings. The summed E-state index contributed by atoms with van der Waals surface area (Å²) in [6.07, 6.45) is 1.67. The van der Waals surface area contributed by atoms with E-state index in [1.807, 2.05) is 36.9 Å². The highest BCUT2D eigenvalue weighted by atomic mass is 32.1. The third-order valence-electron chi connectivity index (χ3n) is 5.31. The van der Waals surface area contributed by atoms with Gasteiger partial charge in [-0.3, -0.25) is 9.69 Å². The van der Waals surface area contributed by atoms with Crippen LogP contribution in [0.5, 0.6) is 0 Å². The van der Waals surface area contributed by atoms with Crippen LogP contribution in [0.3, 0.4) is 0 Å². The average molecular weight is 414 g/mol. The number of piperazine rings is 1. The van der Waals surface area contributed by atoms with Gasteiger partial charge in [-0.2, -0.15) is 9.38 Å². The Balaban J connectivity index is 1.38. The van der Waals surface area contributed by atoms with Crippen LogP contribution in [-0.2, 0) is 4.79 Å². The summed E-state index contributed by atoms with van der Waals surface area (Å²) in [5.41, 5.74) is 3.04. The van der Waals surface area contributed by atoms with Crippen molar-refractivity contribution in [3.8, 4) is 0 Å². The highest BCUT2D eigenvalue weighted by Crippen LogP contribution is 2.31. The number of nitrogens with zero attached hydrogens (tertiary/aromatic N) is 5. The van der Waals surface area contributed by atoms with Crippen LogP contribution in [0, 0.1) is 24.0 Å². The number of aryl methyl sites for hydroxylation is 1. The summed E-state index contributed by atoms with van der Waals surface area (Å²) in [5, 5.41) is 16.3. The molecule has 1 aliphatic heterocycles. The lowest BCUT2D eigenvalue weighted by molar-refractivity contribution is -0.389. The minimum Gasteiger partial charge on any atom is -0.358 e. The van der Waals surface area contributed by atoms with Crippen LogP contribution < -0.4 is 10.2 Å². The smallest absolute Gasteiger partial charge is 0.358 e. The first-order chi connectivity index (χ1) is 13.9. The molecule has 0 saturated carbocycles. The van der Waals surface area contributed by atoms with Gasteiger partial charge < -0.3 is 20.3 Å². The van der Waals surface area contributed by atoms with Crippen molar-refractivity contribution in [3.63, 3.8) is 0 Å². The molecule has 0 radical (unpaired) electrons. The number of anilines is 2. The molecule has 29 heavy (non-hydrogen) atoms. The molecule has 0 aliphatic carbocycles. The highest BCUT2D eigenvalue weighted by Gasteiger charge is 2.30. The van der Waals surface area contributed by atoms with Gasteiger partial charge in [-0.1, -0.05) is 23.5 Å². The quantitative estimate of drug-likeness (QED) is 0.509. The van der Waals surface area contributed by atoms with E-state index in [1.165, 1.54) is 15.7 Å². The molecule has 1 aliphatic rings. The second-order valence-corrected chi connectivity index (χ2v) is 8.00. The van der Waals surface area contributed by atoms with Crippen molar-refractivity contribution in [2.75, 3.05) is 42.9 Å². The number of nitro groups is 1. The summed E-state index contributed by atoms with van der Waals surface area (Å²) in [7, 11) is 0. The fourth-order valence-electron chi connectivity index (χ4n) is 3.54. The summed E-state index contributed by atoms with van der Waals surface area (Å²) < 4.78 is 1.52. The Kier molecular flexibility index (Phi) is 5.20. The van der Waals surface area contributed by atoms with Crippen molar-refractivity contribution < 1.29 is 9.72 Å². The molecule has 0 atom stereocenters. The summed E-state index contributed by atoms with van der Waals surface area (Å²) in [5.74, 6) is 0.351.